The van der Waals surface area contributed by atoms with Gasteiger partial charge in [-0.05, 0) is 48.9 Å². The molecule has 2 amide bonds. The SMILES string of the molecule is Cc1ccc(C(=O)N2CCN(C(=O)c3ccc([N+](=O)[O-])cc3)[C@H]2c2ccc(N(C)C)cc2)cc1. The molecule has 34 heavy (non-hydrogen) atoms. The molecule has 1 saturated heterocycles. The summed E-state index contributed by atoms with van der Waals surface area (Å²) in [6.45, 7) is 2.70. The molecular formula is C26H26N4O4. The van der Waals surface area contributed by atoms with E-state index in [1.54, 1.807) is 21.9 Å². The molecule has 1 fully saturated rings. The maximum atomic E-state index is 13.4. The Morgan fingerprint density at radius 3 is 1.74 bits per heavy atom. The van der Waals surface area contributed by atoms with Gasteiger partial charge in [0.15, 0.2) is 0 Å². The Labute approximate surface area is 198 Å². The molecule has 0 spiro atoms. The molecule has 8 nitrogen and oxygen atoms in total. The number of aryl methyl sites for hydroxylation is 1. The minimum Gasteiger partial charge on any atom is -0.378 e. The lowest BCUT2D eigenvalue weighted by Gasteiger charge is -2.31. The van der Waals surface area contributed by atoms with E-state index in [-0.39, 0.29) is 17.5 Å². The van der Waals surface area contributed by atoms with Gasteiger partial charge in [0.2, 0.25) is 0 Å². The van der Waals surface area contributed by atoms with Gasteiger partial charge in [0.1, 0.15) is 6.17 Å². The summed E-state index contributed by atoms with van der Waals surface area (Å²) in [6.07, 6.45) is -0.590. The number of carbonyl (C=O) groups is 2. The number of rotatable bonds is 5. The van der Waals surface area contributed by atoms with E-state index in [0.29, 0.717) is 24.2 Å². The normalized spacial score (nSPS) is 15.3. The monoisotopic (exact) mass is 458 g/mol. The van der Waals surface area contributed by atoms with Crippen molar-refractivity contribution in [1.29, 1.82) is 0 Å². The molecule has 1 atom stereocenters. The van der Waals surface area contributed by atoms with Crippen molar-refractivity contribution in [2.75, 3.05) is 32.1 Å². The molecule has 1 heterocycles. The number of non-ortho nitro benzene ring substituents is 1. The minimum absolute atomic E-state index is 0.0787. The van der Waals surface area contributed by atoms with E-state index in [0.717, 1.165) is 16.8 Å². The molecule has 0 radical (unpaired) electrons. The van der Waals surface area contributed by atoms with Crippen LogP contribution in [0, 0.1) is 17.0 Å². The zero-order chi connectivity index (χ0) is 24.4. The molecule has 8 heteroatoms. The maximum absolute atomic E-state index is 13.4. The van der Waals surface area contributed by atoms with Crippen molar-refractivity contribution in [2.45, 2.75) is 13.1 Å². The van der Waals surface area contributed by atoms with Gasteiger partial charge in [-0.15, -0.1) is 0 Å². The predicted molar refractivity (Wildman–Crippen MR) is 130 cm³/mol. The Bertz CT molecular complexity index is 1210. The molecule has 4 rings (SSSR count). The summed E-state index contributed by atoms with van der Waals surface area (Å²) in [5.74, 6) is -0.434. The van der Waals surface area contributed by atoms with E-state index >= 15 is 0 Å². The van der Waals surface area contributed by atoms with Crippen LogP contribution >= 0.6 is 0 Å². The smallest absolute Gasteiger partial charge is 0.269 e. The van der Waals surface area contributed by atoms with Crippen LogP contribution in [0.4, 0.5) is 11.4 Å². The van der Waals surface area contributed by atoms with Crippen LogP contribution in [0.5, 0.6) is 0 Å². The van der Waals surface area contributed by atoms with Crippen LogP contribution in [-0.2, 0) is 0 Å². The molecule has 0 saturated carbocycles. The van der Waals surface area contributed by atoms with Gasteiger partial charge in [-0.2, -0.15) is 0 Å². The second kappa shape index (κ2) is 9.35. The van der Waals surface area contributed by atoms with Crippen LogP contribution in [0.1, 0.15) is 38.0 Å². The van der Waals surface area contributed by atoms with Crippen LogP contribution in [0.25, 0.3) is 0 Å². The van der Waals surface area contributed by atoms with Crippen molar-refractivity contribution in [1.82, 2.24) is 9.80 Å². The van der Waals surface area contributed by atoms with Crippen LogP contribution in [-0.4, -0.2) is 53.7 Å². The third-order valence-electron chi connectivity index (χ3n) is 6.03. The highest BCUT2D eigenvalue weighted by atomic mass is 16.6. The maximum Gasteiger partial charge on any atom is 0.269 e. The van der Waals surface area contributed by atoms with Gasteiger partial charge in [0, 0.05) is 56.1 Å². The van der Waals surface area contributed by atoms with E-state index in [1.165, 1.54) is 24.3 Å². The van der Waals surface area contributed by atoms with Crippen LogP contribution in [0.2, 0.25) is 0 Å². The standard InChI is InChI=1S/C26H26N4O4/c1-18-4-6-20(7-5-18)25(31)28-16-17-29(24(28)19-8-12-22(13-9-19)27(2)3)26(32)21-10-14-23(15-11-21)30(33)34/h4-15,24H,16-17H2,1-3H3/t24-/m0/s1. The number of anilines is 1. The van der Waals surface area contributed by atoms with E-state index in [9.17, 15) is 19.7 Å². The first-order valence-corrected chi connectivity index (χ1v) is 11.0. The third-order valence-corrected chi connectivity index (χ3v) is 6.03. The molecular weight excluding hydrogens is 432 g/mol. The summed E-state index contributed by atoms with van der Waals surface area (Å²) in [5.41, 5.74) is 3.70. The molecule has 1 aliphatic heterocycles. The number of amides is 2. The summed E-state index contributed by atoms with van der Waals surface area (Å²) < 4.78 is 0. The molecule has 0 aliphatic carbocycles. The van der Waals surface area contributed by atoms with Crippen molar-refractivity contribution in [3.05, 3.63) is 105 Å². The Kier molecular flexibility index (Phi) is 6.32. The molecule has 1 aliphatic rings. The Hall–Kier alpha value is -4.20. The molecule has 3 aromatic rings. The second-order valence-electron chi connectivity index (χ2n) is 8.53. The van der Waals surface area contributed by atoms with Gasteiger partial charge >= 0.3 is 0 Å². The Balaban J connectivity index is 1.70. The fraction of sp³-hybridized carbons (Fsp3) is 0.231. The highest BCUT2D eigenvalue weighted by molar-refractivity contribution is 5.98. The summed E-state index contributed by atoms with van der Waals surface area (Å²) in [4.78, 5) is 42.7. The van der Waals surface area contributed by atoms with Gasteiger partial charge in [-0.25, -0.2) is 0 Å². The lowest BCUT2D eigenvalue weighted by atomic mass is 10.1. The van der Waals surface area contributed by atoms with Crippen molar-refractivity contribution >= 4 is 23.2 Å². The highest BCUT2D eigenvalue weighted by Crippen LogP contribution is 2.34. The van der Waals surface area contributed by atoms with Gasteiger partial charge in [-0.1, -0.05) is 29.8 Å². The number of nitro benzene ring substituents is 1. The second-order valence-corrected chi connectivity index (χ2v) is 8.53. The highest BCUT2D eigenvalue weighted by Gasteiger charge is 2.39. The average molecular weight is 459 g/mol. The lowest BCUT2D eigenvalue weighted by molar-refractivity contribution is -0.384. The summed E-state index contributed by atoms with van der Waals surface area (Å²) >= 11 is 0. The van der Waals surface area contributed by atoms with E-state index in [1.807, 2.05) is 62.3 Å². The molecule has 0 aromatic heterocycles. The quantitative estimate of drug-likeness (QED) is 0.421. The van der Waals surface area contributed by atoms with E-state index in [2.05, 4.69) is 0 Å². The topological polar surface area (TPSA) is 87.0 Å². The number of hydrogen-bond acceptors (Lipinski definition) is 5. The minimum atomic E-state index is -0.590. The van der Waals surface area contributed by atoms with Crippen molar-refractivity contribution in [2.24, 2.45) is 0 Å². The van der Waals surface area contributed by atoms with E-state index in [4.69, 9.17) is 0 Å². The van der Waals surface area contributed by atoms with Gasteiger partial charge < -0.3 is 14.7 Å². The van der Waals surface area contributed by atoms with E-state index < -0.39 is 11.1 Å². The largest absolute Gasteiger partial charge is 0.378 e. The zero-order valence-corrected chi connectivity index (χ0v) is 19.3. The fourth-order valence-corrected chi connectivity index (χ4v) is 4.11. The third kappa shape index (κ3) is 4.47. The van der Waals surface area contributed by atoms with Crippen LogP contribution in [0.15, 0.2) is 72.8 Å². The van der Waals surface area contributed by atoms with Crippen molar-refractivity contribution < 1.29 is 14.5 Å². The molecule has 0 N–H and O–H groups in total. The zero-order valence-electron chi connectivity index (χ0n) is 19.3. The van der Waals surface area contributed by atoms with Gasteiger partial charge in [0.25, 0.3) is 17.5 Å². The molecule has 174 valence electrons. The molecule has 0 bridgehead atoms. The van der Waals surface area contributed by atoms with Crippen LogP contribution < -0.4 is 4.90 Å². The Morgan fingerprint density at radius 2 is 1.29 bits per heavy atom. The molecule has 0 unspecified atom stereocenters. The first-order chi connectivity index (χ1) is 16.3. The number of nitro groups is 1. The first kappa shape index (κ1) is 23.0. The predicted octanol–water partition coefficient (Wildman–Crippen LogP) is 4.27. The number of nitrogens with zero attached hydrogens (tertiary/aromatic N) is 4. The number of hydrogen-bond donors (Lipinski definition) is 0. The van der Waals surface area contributed by atoms with Crippen LogP contribution in [0.3, 0.4) is 0 Å². The molecule has 3 aromatic carbocycles. The average Bonchev–Trinajstić information content (AvgIpc) is 3.29. The first-order valence-electron chi connectivity index (χ1n) is 11.0. The summed E-state index contributed by atoms with van der Waals surface area (Å²) in [7, 11) is 3.89. The fourth-order valence-electron chi connectivity index (χ4n) is 4.11. The number of carbonyl (C=O) groups excluding carboxylic acids is 2. The summed E-state index contributed by atoms with van der Waals surface area (Å²) in [5, 5.41) is 11.0. The summed E-state index contributed by atoms with van der Waals surface area (Å²) in [6, 6.07) is 20.7. The Morgan fingerprint density at radius 1 is 0.824 bits per heavy atom. The van der Waals surface area contributed by atoms with Crippen molar-refractivity contribution in [3.8, 4) is 0 Å². The lowest BCUT2D eigenvalue weighted by Crippen LogP contribution is -2.38. The van der Waals surface area contributed by atoms with Gasteiger partial charge in [-0.3, -0.25) is 19.7 Å². The number of benzene rings is 3. The van der Waals surface area contributed by atoms with Crippen molar-refractivity contribution in [3.63, 3.8) is 0 Å². The van der Waals surface area contributed by atoms with Gasteiger partial charge in [0.05, 0.1) is 4.92 Å².